The van der Waals surface area contributed by atoms with Crippen LogP contribution in [0.2, 0.25) is 0 Å². The molecule has 7 heteroatoms. The molecule has 4 nitrogen and oxygen atoms in total. The molecule has 2 N–H and O–H groups in total. The molecule has 2 aliphatic rings. The van der Waals surface area contributed by atoms with Gasteiger partial charge in [0.1, 0.15) is 0 Å². The van der Waals surface area contributed by atoms with Gasteiger partial charge in [-0.2, -0.15) is 13.2 Å². The zero-order valence-electron chi connectivity index (χ0n) is 14.4. The Bertz CT molecular complexity index is 593. The Balaban J connectivity index is 1.45. The molecular weight excluding hydrogens is 329 g/mol. The summed E-state index contributed by atoms with van der Waals surface area (Å²) >= 11 is 0. The van der Waals surface area contributed by atoms with Crippen molar-refractivity contribution in [2.24, 2.45) is 10.9 Å². The van der Waals surface area contributed by atoms with Crippen LogP contribution in [0.15, 0.2) is 29.3 Å². The minimum atomic E-state index is -4.27. The Hall–Kier alpha value is -1.76. The maximum absolute atomic E-state index is 12.6. The largest absolute Gasteiger partial charge is 0.416 e. The van der Waals surface area contributed by atoms with Crippen molar-refractivity contribution in [2.45, 2.75) is 38.0 Å². The van der Waals surface area contributed by atoms with Gasteiger partial charge in [-0.15, -0.1) is 0 Å². The summed E-state index contributed by atoms with van der Waals surface area (Å²) in [4.78, 5) is 6.52. The van der Waals surface area contributed by atoms with E-state index in [1.54, 1.807) is 19.2 Å². The Kier molecular flexibility index (Phi) is 5.51. The molecule has 1 aromatic carbocycles. The fraction of sp³-hybridized carbons (Fsp3) is 0.611. The monoisotopic (exact) mass is 354 g/mol. The molecule has 1 aromatic rings. The fourth-order valence-electron chi connectivity index (χ4n) is 3.10. The van der Waals surface area contributed by atoms with Gasteiger partial charge in [0.25, 0.3) is 0 Å². The zero-order valence-corrected chi connectivity index (χ0v) is 14.4. The lowest BCUT2D eigenvalue weighted by molar-refractivity contribution is -0.137. The minimum absolute atomic E-state index is 0.319. The highest BCUT2D eigenvalue weighted by molar-refractivity contribution is 5.80. The third-order valence-electron chi connectivity index (χ3n) is 4.78. The van der Waals surface area contributed by atoms with Gasteiger partial charge >= 0.3 is 6.18 Å². The van der Waals surface area contributed by atoms with E-state index < -0.39 is 11.7 Å². The molecule has 1 atom stereocenters. The van der Waals surface area contributed by atoms with Gasteiger partial charge in [-0.25, -0.2) is 0 Å². The van der Waals surface area contributed by atoms with Gasteiger partial charge in [-0.05, 0) is 42.9 Å². The highest BCUT2D eigenvalue weighted by atomic mass is 19.4. The van der Waals surface area contributed by atoms with Crippen molar-refractivity contribution in [3.8, 4) is 0 Å². The van der Waals surface area contributed by atoms with Crippen LogP contribution in [0.3, 0.4) is 0 Å². The molecule has 138 valence electrons. The lowest BCUT2D eigenvalue weighted by atomic mass is 10.1. The molecule has 3 rings (SSSR count). The van der Waals surface area contributed by atoms with E-state index in [4.69, 9.17) is 0 Å². The van der Waals surface area contributed by atoms with E-state index >= 15 is 0 Å². The second-order valence-electron chi connectivity index (χ2n) is 6.96. The van der Waals surface area contributed by atoms with E-state index in [1.807, 2.05) is 0 Å². The van der Waals surface area contributed by atoms with Gasteiger partial charge in [0.05, 0.1) is 5.56 Å². The number of nitrogens with one attached hydrogen (secondary N) is 2. The second-order valence-corrected chi connectivity index (χ2v) is 6.96. The van der Waals surface area contributed by atoms with Crippen LogP contribution in [-0.4, -0.2) is 43.6 Å². The smallest absolute Gasteiger partial charge is 0.356 e. The van der Waals surface area contributed by atoms with Gasteiger partial charge in [0.15, 0.2) is 5.96 Å². The van der Waals surface area contributed by atoms with Gasteiger partial charge in [-0.1, -0.05) is 12.1 Å². The normalized spacial score (nSPS) is 22.2. The van der Waals surface area contributed by atoms with Crippen LogP contribution in [0.25, 0.3) is 0 Å². The number of likely N-dealkylation sites (tertiary alicyclic amines) is 1. The Morgan fingerprint density at radius 3 is 2.52 bits per heavy atom. The van der Waals surface area contributed by atoms with Gasteiger partial charge in [0.2, 0.25) is 0 Å². The van der Waals surface area contributed by atoms with E-state index in [0.717, 1.165) is 55.6 Å². The highest BCUT2D eigenvalue weighted by Crippen LogP contribution is 2.29. The molecule has 0 bridgehead atoms. The molecule has 1 saturated carbocycles. The van der Waals surface area contributed by atoms with Gasteiger partial charge < -0.3 is 10.6 Å². The van der Waals surface area contributed by atoms with Crippen molar-refractivity contribution >= 4 is 5.96 Å². The minimum Gasteiger partial charge on any atom is -0.356 e. The molecule has 0 amide bonds. The molecule has 1 heterocycles. The van der Waals surface area contributed by atoms with Gasteiger partial charge in [-0.3, -0.25) is 9.89 Å². The summed E-state index contributed by atoms with van der Waals surface area (Å²) < 4.78 is 37.8. The maximum Gasteiger partial charge on any atom is 0.416 e. The van der Waals surface area contributed by atoms with E-state index in [-0.39, 0.29) is 0 Å². The van der Waals surface area contributed by atoms with Crippen molar-refractivity contribution in [1.82, 2.24) is 15.5 Å². The molecule has 2 fully saturated rings. The average Bonchev–Trinajstić information content (AvgIpc) is 3.31. The summed E-state index contributed by atoms with van der Waals surface area (Å²) in [6.45, 7) is 3.44. The second kappa shape index (κ2) is 7.64. The molecule has 1 unspecified atom stereocenters. The number of nitrogens with zero attached hydrogens (tertiary/aromatic N) is 2. The Labute approximate surface area is 146 Å². The molecule has 1 aliphatic heterocycles. The third-order valence-corrected chi connectivity index (χ3v) is 4.78. The number of guanidine groups is 1. The first-order chi connectivity index (χ1) is 11.9. The number of hydrogen-bond donors (Lipinski definition) is 2. The predicted octanol–water partition coefficient (Wildman–Crippen LogP) is 2.85. The van der Waals surface area contributed by atoms with Crippen LogP contribution >= 0.6 is 0 Å². The predicted molar refractivity (Wildman–Crippen MR) is 92.3 cm³/mol. The van der Waals surface area contributed by atoms with Gasteiger partial charge in [0, 0.05) is 39.3 Å². The molecule has 1 saturated heterocycles. The van der Waals surface area contributed by atoms with Crippen molar-refractivity contribution in [3.05, 3.63) is 35.4 Å². The van der Waals surface area contributed by atoms with Crippen LogP contribution in [0.4, 0.5) is 13.2 Å². The van der Waals surface area contributed by atoms with E-state index in [9.17, 15) is 13.2 Å². The number of rotatable bonds is 5. The summed E-state index contributed by atoms with van der Waals surface area (Å²) in [7, 11) is 1.77. The van der Waals surface area contributed by atoms with E-state index in [1.165, 1.54) is 12.8 Å². The first-order valence-electron chi connectivity index (χ1n) is 8.79. The van der Waals surface area contributed by atoms with Crippen LogP contribution in [0.5, 0.6) is 0 Å². The topological polar surface area (TPSA) is 39.7 Å². The van der Waals surface area contributed by atoms with E-state index in [0.29, 0.717) is 12.6 Å². The van der Waals surface area contributed by atoms with Crippen LogP contribution in [0.1, 0.15) is 30.4 Å². The molecule has 0 aromatic heterocycles. The quantitative estimate of drug-likeness (QED) is 0.631. The summed E-state index contributed by atoms with van der Waals surface area (Å²) in [5.74, 6) is 1.63. The lowest BCUT2D eigenvalue weighted by Gasteiger charge is -2.19. The van der Waals surface area contributed by atoms with Crippen molar-refractivity contribution < 1.29 is 13.2 Å². The number of hydrogen-bond acceptors (Lipinski definition) is 2. The number of alkyl halides is 3. The maximum atomic E-state index is 12.6. The summed E-state index contributed by atoms with van der Waals surface area (Å²) in [5.41, 5.74) is 0.313. The highest BCUT2D eigenvalue weighted by Gasteiger charge is 2.30. The van der Waals surface area contributed by atoms with Crippen molar-refractivity contribution in [1.29, 1.82) is 0 Å². The zero-order chi connectivity index (χ0) is 17.9. The number of halogens is 3. The fourth-order valence-corrected chi connectivity index (χ4v) is 3.10. The lowest BCUT2D eigenvalue weighted by Crippen LogP contribution is -2.45. The van der Waals surface area contributed by atoms with Crippen LogP contribution < -0.4 is 10.6 Å². The summed E-state index contributed by atoms with van der Waals surface area (Å²) in [5, 5.41) is 6.80. The van der Waals surface area contributed by atoms with Crippen molar-refractivity contribution in [2.75, 3.05) is 26.7 Å². The summed E-state index contributed by atoms with van der Waals surface area (Å²) in [6, 6.07) is 5.77. The molecule has 1 aliphatic carbocycles. The SMILES string of the molecule is CN=C(NCC1CC1)NC1CCN(Cc2ccc(C(F)(F)F)cc2)C1. The van der Waals surface area contributed by atoms with Crippen LogP contribution in [0, 0.1) is 5.92 Å². The standard InChI is InChI=1S/C18H25F3N4/c1-22-17(23-10-13-2-3-13)24-16-8-9-25(12-16)11-14-4-6-15(7-5-14)18(19,20)21/h4-7,13,16H,2-3,8-12H2,1H3,(H2,22,23,24). The Morgan fingerprint density at radius 1 is 1.20 bits per heavy atom. The summed E-state index contributed by atoms with van der Waals surface area (Å²) in [6.07, 6.45) is -0.669. The molecular formula is C18H25F3N4. The molecule has 0 spiro atoms. The number of aliphatic imine (C=N–C) groups is 1. The number of benzene rings is 1. The average molecular weight is 354 g/mol. The first-order valence-corrected chi connectivity index (χ1v) is 8.79. The van der Waals surface area contributed by atoms with E-state index in [2.05, 4.69) is 20.5 Å². The third kappa shape index (κ3) is 5.36. The van der Waals surface area contributed by atoms with Crippen molar-refractivity contribution in [3.63, 3.8) is 0 Å². The first kappa shape index (κ1) is 18.0. The molecule has 0 radical (unpaired) electrons. The Morgan fingerprint density at radius 2 is 1.92 bits per heavy atom. The molecule has 25 heavy (non-hydrogen) atoms. The van der Waals surface area contributed by atoms with Crippen LogP contribution in [-0.2, 0) is 12.7 Å².